The lowest BCUT2D eigenvalue weighted by atomic mass is 10.2. The number of carbonyl (C=O) groups excluding carboxylic acids is 3. The van der Waals surface area contributed by atoms with Crippen molar-refractivity contribution in [3.8, 4) is 5.75 Å². The van der Waals surface area contributed by atoms with Crippen LogP contribution in [0, 0.1) is 0 Å². The topological polar surface area (TPSA) is 90.9 Å². The molecule has 0 saturated carbocycles. The molecule has 1 N–H and O–H groups in total. The molecule has 0 atom stereocenters. The number of esters is 2. The summed E-state index contributed by atoms with van der Waals surface area (Å²) in [5.41, 5.74) is 0.969. The van der Waals surface area contributed by atoms with E-state index in [4.69, 9.17) is 4.74 Å². The summed E-state index contributed by atoms with van der Waals surface area (Å²) in [6.45, 7) is -0.257. The van der Waals surface area contributed by atoms with Crippen molar-refractivity contribution in [3.63, 3.8) is 0 Å². The van der Waals surface area contributed by atoms with Gasteiger partial charge in [-0.15, -0.1) is 0 Å². The molecule has 2 aromatic rings. The number of carbonyl (C=O) groups is 3. The normalized spacial score (nSPS) is 9.84. The first kappa shape index (κ1) is 18.0. The van der Waals surface area contributed by atoms with Crippen LogP contribution in [0.15, 0.2) is 48.5 Å². The van der Waals surface area contributed by atoms with Crippen molar-refractivity contribution < 1.29 is 28.6 Å². The maximum atomic E-state index is 12.0. The quantitative estimate of drug-likeness (QED) is 0.809. The predicted molar refractivity (Wildman–Crippen MR) is 89.7 cm³/mol. The van der Waals surface area contributed by atoms with Crippen molar-refractivity contribution in [3.05, 3.63) is 59.7 Å². The Morgan fingerprint density at radius 2 is 1.52 bits per heavy atom. The number of hydrogen-bond donors (Lipinski definition) is 1. The number of anilines is 1. The van der Waals surface area contributed by atoms with Gasteiger partial charge >= 0.3 is 11.9 Å². The zero-order chi connectivity index (χ0) is 18.2. The fourth-order valence-corrected chi connectivity index (χ4v) is 2.02. The van der Waals surface area contributed by atoms with Crippen molar-refractivity contribution in [2.24, 2.45) is 0 Å². The van der Waals surface area contributed by atoms with Gasteiger partial charge in [0.25, 0.3) is 5.91 Å². The fourth-order valence-electron chi connectivity index (χ4n) is 2.02. The van der Waals surface area contributed by atoms with Gasteiger partial charge in [0, 0.05) is 0 Å². The third kappa shape index (κ3) is 4.81. The van der Waals surface area contributed by atoms with Crippen molar-refractivity contribution >= 4 is 23.5 Å². The van der Waals surface area contributed by atoms with Gasteiger partial charge in [-0.25, -0.2) is 9.59 Å². The maximum Gasteiger partial charge on any atom is 0.339 e. The number of hydrogen-bond acceptors (Lipinski definition) is 6. The molecule has 7 nitrogen and oxygen atoms in total. The van der Waals surface area contributed by atoms with Crippen molar-refractivity contribution in [2.45, 2.75) is 0 Å². The first-order valence-corrected chi connectivity index (χ1v) is 7.33. The van der Waals surface area contributed by atoms with Crippen LogP contribution < -0.4 is 10.1 Å². The zero-order valence-electron chi connectivity index (χ0n) is 13.8. The molecule has 0 aromatic heterocycles. The van der Waals surface area contributed by atoms with E-state index < -0.39 is 17.8 Å². The van der Waals surface area contributed by atoms with Gasteiger partial charge in [0.1, 0.15) is 5.75 Å². The molecule has 2 aromatic carbocycles. The van der Waals surface area contributed by atoms with Gasteiger partial charge in [0.15, 0.2) is 6.61 Å². The van der Waals surface area contributed by atoms with Gasteiger partial charge in [-0.3, -0.25) is 4.79 Å². The summed E-state index contributed by atoms with van der Waals surface area (Å²) in [5, 5.41) is 2.60. The van der Waals surface area contributed by atoms with E-state index in [-0.39, 0.29) is 12.2 Å². The third-order valence-electron chi connectivity index (χ3n) is 3.25. The first-order valence-electron chi connectivity index (χ1n) is 7.33. The molecule has 0 saturated heterocycles. The van der Waals surface area contributed by atoms with E-state index in [1.165, 1.54) is 26.4 Å². The van der Waals surface area contributed by atoms with E-state index in [9.17, 15) is 14.4 Å². The lowest BCUT2D eigenvalue weighted by Gasteiger charge is -2.10. The largest absolute Gasteiger partial charge is 0.484 e. The Kier molecular flexibility index (Phi) is 6.11. The Hall–Kier alpha value is -3.35. The number of para-hydroxylation sites is 1. The summed E-state index contributed by atoms with van der Waals surface area (Å²) < 4.78 is 14.6. The monoisotopic (exact) mass is 343 g/mol. The molecular weight excluding hydrogens is 326 g/mol. The molecule has 0 aliphatic carbocycles. The first-order chi connectivity index (χ1) is 12.0. The second-order valence-electron chi connectivity index (χ2n) is 4.89. The molecule has 0 radical (unpaired) electrons. The predicted octanol–water partition coefficient (Wildman–Crippen LogP) is 2.28. The van der Waals surface area contributed by atoms with Crippen LogP contribution in [0.25, 0.3) is 0 Å². The molecule has 0 unspecified atom stereocenters. The molecule has 130 valence electrons. The average Bonchev–Trinajstić information content (AvgIpc) is 2.66. The summed E-state index contributed by atoms with van der Waals surface area (Å²) in [5.74, 6) is -1.02. The summed E-state index contributed by atoms with van der Waals surface area (Å²) in [4.78, 5) is 35.0. The minimum Gasteiger partial charge on any atom is -0.484 e. The molecule has 1 amide bonds. The van der Waals surface area contributed by atoms with Crippen LogP contribution in [0.1, 0.15) is 20.7 Å². The molecule has 0 bridgehead atoms. The Bertz CT molecular complexity index is 769. The van der Waals surface area contributed by atoms with Gasteiger partial charge in [0.05, 0.1) is 31.0 Å². The van der Waals surface area contributed by atoms with Crippen LogP contribution in [-0.4, -0.2) is 38.7 Å². The Morgan fingerprint density at radius 1 is 0.880 bits per heavy atom. The molecule has 25 heavy (non-hydrogen) atoms. The minimum atomic E-state index is -0.546. The smallest absolute Gasteiger partial charge is 0.339 e. The molecule has 0 aliphatic heterocycles. The van der Waals surface area contributed by atoms with E-state index in [1.807, 2.05) is 0 Å². The Morgan fingerprint density at radius 3 is 2.16 bits per heavy atom. The third-order valence-corrected chi connectivity index (χ3v) is 3.25. The lowest BCUT2D eigenvalue weighted by Crippen LogP contribution is -2.21. The molecule has 7 heteroatoms. The van der Waals surface area contributed by atoms with E-state index in [2.05, 4.69) is 14.8 Å². The number of benzene rings is 2. The van der Waals surface area contributed by atoms with E-state index in [0.29, 0.717) is 17.0 Å². The van der Waals surface area contributed by atoms with Crippen molar-refractivity contribution in [1.82, 2.24) is 0 Å². The van der Waals surface area contributed by atoms with Crippen molar-refractivity contribution in [1.29, 1.82) is 0 Å². The highest BCUT2D eigenvalue weighted by molar-refractivity contribution is 6.01. The standard InChI is InChI=1S/C18H17NO6/c1-23-17(21)12-7-9-13(10-8-12)25-11-16(20)19-15-6-4-3-5-14(15)18(22)24-2/h3-10H,11H2,1-2H3,(H,19,20). The molecule has 0 spiro atoms. The van der Waals surface area contributed by atoms with E-state index >= 15 is 0 Å². The summed E-state index contributed by atoms with van der Waals surface area (Å²) in [6, 6.07) is 12.7. The van der Waals surface area contributed by atoms with E-state index in [1.54, 1.807) is 36.4 Å². The SMILES string of the molecule is COC(=O)c1ccc(OCC(=O)Nc2ccccc2C(=O)OC)cc1. The van der Waals surface area contributed by atoms with Gasteiger partial charge in [-0.2, -0.15) is 0 Å². The molecule has 0 fully saturated rings. The van der Waals surface area contributed by atoms with Gasteiger partial charge in [-0.1, -0.05) is 12.1 Å². The summed E-state index contributed by atoms with van der Waals surface area (Å²) in [7, 11) is 2.56. The van der Waals surface area contributed by atoms with Crippen LogP contribution in [0.2, 0.25) is 0 Å². The average molecular weight is 343 g/mol. The number of ether oxygens (including phenoxy) is 3. The van der Waals surface area contributed by atoms with Crippen LogP contribution in [0.3, 0.4) is 0 Å². The number of methoxy groups -OCH3 is 2. The molecular formula is C18H17NO6. The number of rotatable bonds is 6. The highest BCUT2D eigenvalue weighted by Gasteiger charge is 2.13. The number of amides is 1. The lowest BCUT2D eigenvalue weighted by molar-refractivity contribution is -0.118. The summed E-state index contributed by atoms with van der Waals surface area (Å²) in [6.07, 6.45) is 0. The van der Waals surface area contributed by atoms with Gasteiger partial charge in [-0.05, 0) is 36.4 Å². The second kappa shape index (κ2) is 8.49. The maximum absolute atomic E-state index is 12.0. The van der Waals surface area contributed by atoms with Gasteiger partial charge < -0.3 is 19.5 Å². The fraction of sp³-hybridized carbons (Fsp3) is 0.167. The Labute approximate surface area is 144 Å². The van der Waals surface area contributed by atoms with E-state index in [0.717, 1.165) is 0 Å². The Balaban J connectivity index is 1.95. The highest BCUT2D eigenvalue weighted by atomic mass is 16.5. The van der Waals surface area contributed by atoms with Crippen LogP contribution in [0.5, 0.6) is 5.75 Å². The van der Waals surface area contributed by atoms with Gasteiger partial charge in [0.2, 0.25) is 0 Å². The molecule has 2 rings (SSSR count). The van der Waals surface area contributed by atoms with Crippen LogP contribution in [0.4, 0.5) is 5.69 Å². The van der Waals surface area contributed by atoms with Crippen LogP contribution >= 0.6 is 0 Å². The van der Waals surface area contributed by atoms with Crippen molar-refractivity contribution in [2.75, 3.05) is 26.1 Å². The second-order valence-corrected chi connectivity index (χ2v) is 4.89. The zero-order valence-corrected chi connectivity index (χ0v) is 13.8. The molecule has 0 heterocycles. The minimum absolute atomic E-state index is 0.251. The summed E-state index contributed by atoms with van der Waals surface area (Å²) >= 11 is 0. The highest BCUT2D eigenvalue weighted by Crippen LogP contribution is 2.16. The van der Waals surface area contributed by atoms with Crippen LogP contribution in [-0.2, 0) is 14.3 Å². The number of nitrogens with one attached hydrogen (secondary N) is 1. The molecule has 0 aliphatic rings.